The Hall–Kier alpha value is -4.84. The first-order chi connectivity index (χ1) is 23.4. The highest BCUT2D eigenvalue weighted by molar-refractivity contribution is 6.00. The highest BCUT2D eigenvalue weighted by atomic mass is 19.1. The van der Waals surface area contributed by atoms with E-state index in [-0.39, 0.29) is 5.82 Å². The molecular formula is C37H42FN9O. The van der Waals surface area contributed by atoms with Crippen LogP contribution in [0.5, 0.6) is 5.75 Å². The van der Waals surface area contributed by atoms with Crippen LogP contribution >= 0.6 is 0 Å². The van der Waals surface area contributed by atoms with Crippen LogP contribution in [-0.4, -0.2) is 83.2 Å². The number of benzene rings is 1. The molecule has 1 saturated heterocycles. The lowest BCUT2D eigenvalue weighted by molar-refractivity contribution is 0.237. The highest BCUT2D eigenvalue weighted by Gasteiger charge is 2.23. The molecule has 1 aromatic carbocycles. The van der Waals surface area contributed by atoms with Crippen molar-refractivity contribution in [3.8, 4) is 28.1 Å². The topological polar surface area (TPSA) is 106 Å². The summed E-state index contributed by atoms with van der Waals surface area (Å²) in [7, 11) is 4.04. The lowest BCUT2D eigenvalue weighted by Gasteiger charge is -2.15. The summed E-state index contributed by atoms with van der Waals surface area (Å²) >= 11 is 0. The van der Waals surface area contributed by atoms with Crippen molar-refractivity contribution in [1.29, 1.82) is 0 Å². The second kappa shape index (κ2) is 14.1. The maximum atomic E-state index is 14.9. The molecule has 4 aromatic heterocycles. The van der Waals surface area contributed by atoms with Gasteiger partial charge in [0.1, 0.15) is 23.8 Å². The Bertz CT molecular complexity index is 1950. The zero-order valence-corrected chi connectivity index (χ0v) is 27.7. The Kier molecular flexibility index (Phi) is 9.33. The number of ether oxygens (including phenoxy) is 1. The maximum Gasteiger partial charge on any atom is 0.138 e. The second-order valence-electron chi connectivity index (χ2n) is 12.7. The molecular weight excluding hydrogens is 605 g/mol. The van der Waals surface area contributed by atoms with E-state index in [4.69, 9.17) is 9.72 Å². The summed E-state index contributed by atoms with van der Waals surface area (Å²) < 4.78 is 21.0. The Morgan fingerprint density at radius 3 is 2.77 bits per heavy atom. The summed E-state index contributed by atoms with van der Waals surface area (Å²) in [5.41, 5.74) is 16.0. The minimum atomic E-state index is -0.291. The number of halogens is 1. The van der Waals surface area contributed by atoms with E-state index in [0.29, 0.717) is 19.7 Å². The Balaban J connectivity index is 1.21. The van der Waals surface area contributed by atoms with Crippen LogP contribution in [0.2, 0.25) is 0 Å². The smallest absolute Gasteiger partial charge is 0.138 e. The van der Waals surface area contributed by atoms with Gasteiger partial charge in [-0.25, -0.2) is 19.8 Å². The molecule has 1 fully saturated rings. The molecule has 0 atom stereocenters. The highest BCUT2D eigenvalue weighted by Crippen LogP contribution is 2.38. The molecule has 48 heavy (non-hydrogen) atoms. The molecule has 2 aliphatic rings. The van der Waals surface area contributed by atoms with Gasteiger partial charge in [0.05, 0.1) is 23.3 Å². The van der Waals surface area contributed by atoms with Crippen molar-refractivity contribution in [3.63, 3.8) is 0 Å². The number of hydrogen-bond donors (Lipinski definition) is 4. The molecule has 0 spiro atoms. The van der Waals surface area contributed by atoms with Crippen LogP contribution in [0.15, 0.2) is 67.3 Å². The SMILES string of the molecule is Cc1c(C2=CNNCc3ccc(-c4cncc(OCCN5CCCC5)c4)nc32)[nH]c2nccc(-c3cc(F)cc(NCCN(C)C)c3)c12. The van der Waals surface area contributed by atoms with Gasteiger partial charge in [0, 0.05) is 67.0 Å². The molecule has 6 heterocycles. The lowest BCUT2D eigenvalue weighted by Crippen LogP contribution is -2.25. The van der Waals surface area contributed by atoms with Crippen LogP contribution in [-0.2, 0) is 6.54 Å². The summed E-state index contributed by atoms with van der Waals surface area (Å²) in [5.74, 6) is 0.446. The summed E-state index contributed by atoms with van der Waals surface area (Å²) in [6.45, 7) is 8.07. The standard InChI is InChI=1S/C37H42FN9O/c1-24-34-31(26-16-28(38)19-29(17-26)40-10-13-46(2)3)8-9-41-37(34)45-35(24)32-23-43-42-21-25-6-7-33(44-36(25)32)27-18-30(22-39-20-27)48-15-14-47-11-4-5-12-47/h6-9,16-20,22-23,40,42-43H,4-5,10-15,21H2,1-3H3,(H,41,45). The van der Waals surface area contributed by atoms with E-state index in [1.165, 1.54) is 18.9 Å². The minimum Gasteiger partial charge on any atom is -0.491 e. The molecule has 248 valence electrons. The number of anilines is 1. The molecule has 7 rings (SSSR count). The fraction of sp³-hybridized carbons (Fsp3) is 0.324. The number of hydrazine groups is 1. The Morgan fingerprint density at radius 2 is 1.92 bits per heavy atom. The number of aryl methyl sites for hydroxylation is 1. The van der Waals surface area contributed by atoms with Crippen molar-refractivity contribution in [2.75, 3.05) is 58.7 Å². The number of pyridine rings is 3. The van der Waals surface area contributed by atoms with Gasteiger partial charge in [-0.2, -0.15) is 0 Å². The van der Waals surface area contributed by atoms with Crippen molar-refractivity contribution in [2.24, 2.45) is 0 Å². The molecule has 4 N–H and O–H groups in total. The van der Waals surface area contributed by atoms with Gasteiger partial charge in [-0.15, -0.1) is 0 Å². The predicted octanol–water partition coefficient (Wildman–Crippen LogP) is 5.58. The quantitative estimate of drug-likeness (QED) is 0.146. The van der Waals surface area contributed by atoms with Gasteiger partial charge in [0.25, 0.3) is 0 Å². The molecule has 0 aliphatic carbocycles. The van der Waals surface area contributed by atoms with Gasteiger partial charge < -0.3 is 25.4 Å². The van der Waals surface area contributed by atoms with E-state index < -0.39 is 0 Å². The number of rotatable bonds is 11. The first kappa shape index (κ1) is 31.7. The van der Waals surface area contributed by atoms with E-state index >= 15 is 0 Å². The number of nitrogens with zero attached hydrogens (tertiary/aromatic N) is 5. The second-order valence-corrected chi connectivity index (χ2v) is 12.7. The molecule has 0 unspecified atom stereocenters. The van der Waals surface area contributed by atoms with Gasteiger partial charge in [-0.1, -0.05) is 6.07 Å². The minimum absolute atomic E-state index is 0.291. The van der Waals surface area contributed by atoms with Crippen molar-refractivity contribution in [1.82, 2.24) is 40.6 Å². The van der Waals surface area contributed by atoms with Gasteiger partial charge in [0.2, 0.25) is 0 Å². The molecule has 5 aromatic rings. The molecule has 11 heteroatoms. The summed E-state index contributed by atoms with van der Waals surface area (Å²) in [5, 5.41) is 4.30. The fourth-order valence-electron chi connectivity index (χ4n) is 6.54. The van der Waals surface area contributed by atoms with Crippen molar-refractivity contribution in [3.05, 3.63) is 95.6 Å². The Labute approximate surface area is 280 Å². The lowest BCUT2D eigenvalue weighted by atomic mass is 9.97. The number of H-pyrrole nitrogens is 1. The van der Waals surface area contributed by atoms with E-state index in [1.54, 1.807) is 18.5 Å². The van der Waals surface area contributed by atoms with Gasteiger partial charge in [-0.05, 0) is 106 Å². The van der Waals surface area contributed by atoms with E-state index in [2.05, 4.69) is 53.9 Å². The van der Waals surface area contributed by atoms with Crippen LogP contribution in [0.4, 0.5) is 10.1 Å². The molecule has 10 nitrogen and oxygen atoms in total. The van der Waals surface area contributed by atoms with Crippen LogP contribution in [0.1, 0.15) is 35.4 Å². The zero-order valence-electron chi connectivity index (χ0n) is 27.7. The summed E-state index contributed by atoms with van der Waals surface area (Å²) in [6, 6.07) is 13.2. The largest absolute Gasteiger partial charge is 0.491 e. The van der Waals surface area contributed by atoms with Gasteiger partial charge in [-0.3, -0.25) is 9.88 Å². The third-order valence-electron chi connectivity index (χ3n) is 9.03. The Morgan fingerprint density at radius 1 is 1.04 bits per heavy atom. The van der Waals surface area contributed by atoms with Crippen LogP contribution in [0, 0.1) is 12.7 Å². The molecule has 2 aliphatic heterocycles. The third-order valence-corrected chi connectivity index (χ3v) is 9.03. The predicted molar refractivity (Wildman–Crippen MR) is 189 cm³/mol. The number of aromatic amines is 1. The normalized spacial score (nSPS) is 14.9. The summed E-state index contributed by atoms with van der Waals surface area (Å²) in [6.07, 6.45) is 9.81. The number of hydrogen-bond acceptors (Lipinski definition) is 9. The number of fused-ring (bicyclic) bond motifs is 2. The molecule has 0 radical (unpaired) electrons. The average molecular weight is 648 g/mol. The zero-order chi connectivity index (χ0) is 33.0. The van der Waals surface area contributed by atoms with Gasteiger partial charge in [0.15, 0.2) is 0 Å². The van der Waals surface area contributed by atoms with E-state index in [1.807, 2.05) is 50.8 Å². The summed E-state index contributed by atoms with van der Waals surface area (Å²) in [4.78, 5) is 22.4. The molecule has 0 amide bonds. The molecule has 0 bridgehead atoms. The number of likely N-dealkylation sites (N-methyl/N-ethyl adjacent to an activating group) is 1. The average Bonchev–Trinajstić information content (AvgIpc) is 3.66. The van der Waals surface area contributed by atoms with E-state index in [0.717, 1.165) is 99.1 Å². The fourth-order valence-corrected chi connectivity index (χ4v) is 6.54. The van der Waals surface area contributed by atoms with Crippen LogP contribution in [0.25, 0.3) is 39.0 Å². The first-order valence-corrected chi connectivity index (χ1v) is 16.6. The van der Waals surface area contributed by atoms with Crippen LogP contribution in [0.3, 0.4) is 0 Å². The number of likely N-dealkylation sites (tertiary alicyclic amines) is 1. The number of nitrogens with one attached hydrogen (secondary N) is 4. The van der Waals surface area contributed by atoms with E-state index in [9.17, 15) is 4.39 Å². The van der Waals surface area contributed by atoms with Crippen LogP contribution < -0.4 is 20.9 Å². The van der Waals surface area contributed by atoms with Crippen molar-refractivity contribution in [2.45, 2.75) is 26.3 Å². The third kappa shape index (κ3) is 6.89. The molecule has 0 saturated carbocycles. The number of aromatic nitrogens is 4. The maximum absolute atomic E-state index is 14.9. The van der Waals surface area contributed by atoms with Crippen molar-refractivity contribution >= 4 is 22.3 Å². The monoisotopic (exact) mass is 647 g/mol. The first-order valence-electron chi connectivity index (χ1n) is 16.6. The van der Waals surface area contributed by atoms with Gasteiger partial charge >= 0.3 is 0 Å². The van der Waals surface area contributed by atoms with Crippen molar-refractivity contribution < 1.29 is 9.13 Å².